The molecule has 1 fully saturated rings. The van der Waals surface area contributed by atoms with Gasteiger partial charge in [-0.3, -0.25) is 4.99 Å². The Labute approximate surface area is 102 Å². The number of rotatable bonds is 3. The molecule has 1 aliphatic rings. The fourth-order valence-electron chi connectivity index (χ4n) is 1.63. The van der Waals surface area contributed by atoms with Gasteiger partial charge in [0.15, 0.2) is 0 Å². The molecule has 0 saturated heterocycles. The van der Waals surface area contributed by atoms with E-state index in [1.165, 1.54) is 29.0 Å². The number of nitrogens with zero attached hydrogens (tertiary/aromatic N) is 1. The van der Waals surface area contributed by atoms with Crippen molar-refractivity contribution in [1.82, 2.24) is 0 Å². The molecule has 0 aromatic heterocycles. The molecule has 2 rings (SSSR count). The van der Waals surface area contributed by atoms with E-state index in [2.05, 4.69) is 44.4 Å². The summed E-state index contributed by atoms with van der Waals surface area (Å²) in [7, 11) is 0. The fraction of sp³-hybridized carbons (Fsp3) is 0.500. The summed E-state index contributed by atoms with van der Waals surface area (Å²) < 4.78 is 0. The topological polar surface area (TPSA) is 12.4 Å². The zero-order valence-corrected chi connectivity index (χ0v) is 11.1. The van der Waals surface area contributed by atoms with Gasteiger partial charge >= 0.3 is 0 Å². The second kappa shape index (κ2) is 5.05. The van der Waals surface area contributed by atoms with E-state index in [4.69, 9.17) is 4.99 Å². The molecule has 2 heteroatoms. The van der Waals surface area contributed by atoms with Crippen LogP contribution in [0.3, 0.4) is 0 Å². The molecule has 1 saturated carbocycles. The van der Waals surface area contributed by atoms with Gasteiger partial charge in [-0.2, -0.15) is 0 Å². The predicted octanol–water partition coefficient (Wildman–Crippen LogP) is 4.08. The average molecular weight is 233 g/mol. The normalized spacial score (nSPS) is 16.9. The van der Waals surface area contributed by atoms with Gasteiger partial charge in [0.2, 0.25) is 0 Å². The molecule has 0 amide bonds. The van der Waals surface area contributed by atoms with Crippen LogP contribution >= 0.6 is 11.8 Å². The second-order valence-electron chi connectivity index (χ2n) is 4.65. The summed E-state index contributed by atoms with van der Waals surface area (Å²) in [5, 5.41) is 1.19. The molecule has 16 heavy (non-hydrogen) atoms. The van der Waals surface area contributed by atoms with Crippen molar-refractivity contribution in [2.24, 2.45) is 4.99 Å². The lowest BCUT2D eigenvalue weighted by Gasteiger charge is -2.07. The Balaban J connectivity index is 2.18. The Kier molecular flexibility index (Phi) is 3.70. The van der Waals surface area contributed by atoms with Crippen LogP contribution < -0.4 is 0 Å². The highest BCUT2D eigenvalue weighted by Crippen LogP contribution is 2.26. The van der Waals surface area contributed by atoms with Crippen molar-refractivity contribution in [2.45, 2.75) is 38.6 Å². The van der Waals surface area contributed by atoms with Gasteiger partial charge in [0.1, 0.15) is 0 Å². The molecule has 0 bridgehead atoms. The van der Waals surface area contributed by atoms with E-state index in [1.54, 1.807) is 11.8 Å². The molecule has 1 nitrogen and oxygen atoms in total. The summed E-state index contributed by atoms with van der Waals surface area (Å²) in [6.07, 6.45) is 4.65. The van der Waals surface area contributed by atoms with Gasteiger partial charge in [-0.05, 0) is 30.6 Å². The lowest BCUT2D eigenvalue weighted by Crippen LogP contribution is -1.97. The van der Waals surface area contributed by atoms with Gasteiger partial charge < -0.3 is 0 Å². The lowest BCUT2D eigenvalue weighted by molar-refractivity contribution is 0.866. The molecule has 0 N–H and O–H groups in total. The van der Waals surface area contributed by atoms with Crippen LogP contribution in [0, 0.1) is 0 Å². The van der Waals surface area contributed by atoms with Crippen molar-refractivity contribution in [3.63, 3.8) is 0 Å². The summed E-state index contributed by atoms with van der Waals surface area (Å²) in [6, 6.07) is 9.45. The molecule has 0 unspecified atom stereocenters. The first-order valence-corrected chi connectivity index (χ1v) is 7.15. The Morgan fingerprint density at radius 1 is 1.25 bits per heavy atom. The first kappa shape index (κ1) is 11.7. The van der Waals surface area contributed by atoms with E-state index in [-0.39, 0.29) is 0 Å². The van der Waals surface area contributed by atoms with Crippen LogP contribution in [0.5, 0.6) is 0 Å². The van der Waals surface area contributed by atoms with Crippen molar-refractivity contribution in [3.05, 3.63) is 35.4 Å². The number of benzene rings is 1. The maximum absolute atomic E-state index is 4.73. The van der Waals surface area contributed by atoms with Gasteiger partial charge in [0.25, 0.3) is 0 Å². The lowest BCUT2D eigenvalue weighted by atomic mass is 10.0. The second-order valence-corrected chi connectivity index (χ2v) is 5.44. The van der Waals surface area contributed by atoms with Crippen LogP contribution in [0.4, 0.5) is 0 Å². The molecule has 0 aliphatic heterocycles. The average Bonchev–Trinajstić information content (AvgIpc) is 3.10. The highest BCUT2D eigenvalue weighted by molar-refractivity contribution is 8.13. The van der Waals surface area contributed by atoms with E-state index >= 15 is 0 Å². The van der Waals surface area contributed by atoms with Crippen molar-refractivity contribution in [1.29, 1.82) is 0 Å². The molecule has 1 aliphatic carbocycles. The summed E-state index contributed by atoms with van der Waals surface area (Å²) in [4.78, 5) is 4.73. The standard InChI is InChI=1S/C14H19NS/c1-10(2)11-4-6-12(7-5-11)14(16-3)15-13-8-9-13/h4-7,10,13H,8-9H2,1-3H3/b15-14+. The summed E-state index contributed by atoms with van der Waals surface area (Å²) in [5.74, 6) is 0.604. The van der Waals surface area contributed by atoms with Gasteiger partial charge in [-0.25, -0.2) is 0 Å². The van der Waals surface area contributed by atoms with E-state index in [9.17, 15) is 0 Å². The first-order valence-electron chi connectivity index (χ1n) is 5.93. The Hall–Kier alpha value is -0.760. The summed E-state index contributed by atoms with van der Waals surface area (Å²) in [6.45, 7) is 4.45. The fourth-order valence-corrected chi connectivity index (χ4v) is 2.25. The minimum atomic E-state index is 0.604. The molecule has 86 valence electrons. The smallest absolute Gasteiger partial charge is 0.0977 e. The Bertz CT molecular complexity index is 374. The van der Waals surface area contributed by atoms with Gasteiger partial charge in [-0.1, -0.05) is 38.1 Å². The molecule has 1 aromatic carbocycles. The minimum absolute atomic E-state index is 0.604. The number of aliphatic imine (C=N–C) groups is 1. The van der Waals surface area contributed by atoms with Crippen molar-refractivity contribution in [3.8, 4) is 0 Å². The zero-order valence-electron chi connectivity index (χ0n) is 10.2. The first-order chi connectivity index (χ1) is 7.70. The summed E-state index contributed by atoms with van der Waals surface area (Å²) >= 11 is 1.76. The van der Waals surface area contributed by atoms with Crippen molar-refractivity contribution in [2.75, 3.05) is 6.26 Å². The van der Waals surface area contributed by atoms with Crippen molar-refractivity contribution >= 4 is 16.8 Å². The third kappa shape index (κ3) is 2.88. The minimum Gasteiger partial charge on any atom is -0.275 e. The van der Waals surface area contributed by atoms with Crippen LogP contribution in [0.15, 0.2) is 29.3 Å². The van der Waals surface area contributed by atoms with E-state index < -0.39 is 0 Å². The highest BCUT2D eigenvalue weighted by Gasteiger charge is 2.21. The molecular formula is C14H19NS. The molecule has 0 atom stereocenters. The number of thioether (sulfide) groups is 1. The quantitative estimate of drug-likeness (QED) is 0.566. The molecule has 0 heterocycles. The maximum Gasteiger partial charge on any atom is 0.0977 e. The maximum atomic E-state index is 4.73. The van der Waals surface area contributed by atoms with Gasteiger partial charge in [0.05, 0.1) is 11.1 Å². The Morgan fingerprint density at radius 3 is 2.31 bits per heavy atom. The SMILES string of the molecule is CS/C(=N/C1CC1)c1ccc(C(C)C)cc1. The third-order valence-corrected chi connectivity index (χ3v) is 3.59. The molecule has 0 radical (unpaired) electrons. The predicted molar refractivity (Wildman–Crippen MR) is 73.6 cm³/mol. The van der Waals surface area contributed by atoms with E-state index in [1.807, 2.05) is 0 Å². The monoisotopic (exact) mass is 233 g/mol. The molecular weight excluding hydrogens is 214 g/mol. The van der Waals surface area contributed by atoms with Gasteiger partial charge in [-0.15, -0.1) is 11.8 Å². The van der Waals surface area contributed by atoms with Crippen LogP contribution in [0.1, 0.15) is 43.7 Å². The molecule has 1 aromatic rings. The largest absolute Gasteiger partial charge is 0.275 e. The van der Waals surface area contributed by atoms with Gasteiger partial charge in [0, 0.05) is 5.56 Å². The van der Waals surface area contributed by atoms with Crippen molar-refractivity contribution < 1.29 is 0 Å². The van der Waals surface area contributed by atoms with Crippen LogP contribution in [0.2, 0.25) is 0 Å². The third-order valence-electron chi connectivity index (χ3n) is 2.86. The zero-order chi connectivity index (χ0) is 11.5. The van der Waals surface area contributed by atoms with E-state index in [0.29, 0.717) is 12.0 Å². The van der Waals surface area contributed by atoms with E-state index in [0.717, 1.165) is 0 Å². The number of hydrogen-bond acceptors (Lipinski definition) is 2. The Morgan fingerprint density at radius 2 is 1.88 bits per heavy atom. The van der Waals surface area contributed by atoms with Crippen LogP contribution in [0.25, 0.3) is 0 Å². The summed E-state index contributed by atoms with van der Waals surface area (Å²) in [5.41, 5.74) is 2.67. The van der Waals surface area contributed by atoms with Crippen LogP contribution in [-0.4, -0.2) is 17.3 Å². The highest BCUT2D eigenvalue weighted by atomic mass is 32.2. The van der Waals surface area contributed by atoms with Crippen LogP contribution in [-0.2, 0) is 0 Å². The number of hydrogen-bond donors (Lipinski definition) is 0. The molecule has 0 spiro atoms.